The Labute approximate surface area is 79.7 Å². The number of hydrogen-bond acceptors (Lipinski definition) is 2. The Morgan fingerprint density at radius 2 is 2.23 bits per heavy atom. The zero-order valence-corrected chi connectivity index (χ0v) is 8.33. The summed E-state index contributed by atoms with van der Waals surface area (Å²) < 4.78 is 0. The molecule has 0 saturated heterocycles. The van der Waals surface area contributed by atoms with Crippen LogP contribution in [0.1, 0.15) is 32.6 Å². The molecule has 0 amide bonds. The van der Waals surface area contributed by atoms with Crippen molar-refractivity contribution in [1.82, 2.24) is 4.90 Å². The molecule has 13 heavy (non-hydrogen) atoms. The van der Waals surface area contributed by atoms with Crippen LogP contribution in [0.3, 0.4) is 0 Å². The number of hydrogen-bond donors (Lipinski definition) is 1. The highest BCUT2D eigenvalue weighted by Crippen LogP contribution is 2.29. The zero-order chi connectivity index (χ0) is 9.68. The van der Waals surface area contributed by atoms with E-state index in [1.54, 1.807) is 0 Å². The van der Waals surface area contributed by atoms with Gasteiger partial charge in [0.1, 0.15) is 0 Å². The van der Waals surface area contributed by atoms with E-state index in [-0.39, 0.29) is 6.54 Å². The quantitative estimate of drug-likeness (QED) is 0.654. The minimum atomic E-state index is -0.697. The molecule has 1 rings (SSSR count). The molecule has 3 nitrogen and oxygen atoms in total. The van der Waals surface area contributed by atoms with E-state index < -0.39 is 5.97 Å². The third-order valence-electron chi connectivity index (χ3n) is 2.40. The van der Waals surface area contributed by atoms with Gasteiger partial charge in [0, 0.05) is 6.54 Å². The average molecular weight is 185 g/mol. The number of rotatable bonds is 7. The van der Waals surface area contributed by atoms with Crippen molar-refractivity contribution in [1.29, 1.82) is 0 Å². The molecule has 0 aromatic rings. The molecule has 76 valence electrons. The second-order valence-corrected chi connectivity index (χ2v) is 3.93. The van der Waals surface area contributed by atoms with Crippen molar-refractivity contribution in [3.8, 4) is 0 Å². The summed E-state index contributed by atoms with van der Waals surface area (Å²) in [4.78, 5) is 12.6. The van der Waals surface area contributed by atoms with E-state index in [4.69, 9.17) is 5.11 Å². The van der Waals surface area contributed by atoms with Crippen LogP contribution in [0.25, 0.3) is 0 Å². The standard InChI is InChI=1S/C10H19NO2/c1-2-3-6-11(8-10(12)13)7-9-4-5-9/h9H,2-8H2,1H3,(H,12,13). The van der Waals surface area contributed by atoms with Gasteiger partial charge in [-0.2, -0.15) is 0 Å². The third-order valence-corrected chi connectivity index (χ3v) is 2.40. The van der Waals surface area contributed by atoms with Crippen molar-refractivity contribution in [3.05, 3.63) is 0 Å². The summed E-state index contributed by atoms with van der Waals surface area (Å²) in [6, 6.07) is 0. The van der Waals surface area contributed by atoms with Crippen molar-refractivity contribution < 1.29 is 9.90 Å². The molecule has 1 aliphatic carbocycles. The lowest BCUT2D eigenvalue weighted by Crippen LogP contribution is -2.32. The van der Waals surface area contributed by atoms with E-state index in [1.165, 1.54) is 12.8 Å². The molecule has 1 aliphatic rings. The van der Waals surface area contributed by atoms with Gasteiger partial charge in [0.2, 0.25) is 0 Å². The van der Waals surface area contributed by atoms with Gasteiger partial charge in [-0.1, -0.05) is 13.3 Å². The number of unbranched alkanes of at least 4 members (excludes halogenated alkanes) is 1. The summed E-state index contributed by atoms with van der Waals surface area (Å²) in [5.41, 5.74) is 0. The Bertz CT molecular complexity index is 166. The highest BCUT2D eigenvalue weighted by Gasteiger charge is 2.24. The van der Waals surface area contributed by atoms with E-state index in [9.17, 15) is 4.79 Å². The van der Waals surface area contributed by atoms with Gasteiger partial charge in [-0.3, -0.25) is 9.69 Å². The first-order valence-electron chi connectivity index (χ1n) is 5.16. The molecule has 0 aromatic heterocycles. The Balaban J connectivity index is 2.19. The number of carboxylic acids is 1. The molecule has 0 heterocycles. The van der Waals surface area contributed by atoms with Crippen LogP contribution >= 0.6 is 0 Å². The first kappa shape index (κ1) is 10.5. The highest BCUT2D eigenvalue weighted by molar-refractivity contribution is 5.69. The first-order chi connectivity index (χ1) is 6.22. The van der Waals surface area contributed by atoms with Gasteiger partial charge in [0.05, 0.1) is 6.54 Å². The van der Waals surface area contributed by atoms with Crippen LogP contribution < -0.4 is 0 Å². The molecular formula is C10H19NO2. The molecule has 0 radical (unpaired) electrons. The fourth-order valence-electron chi connectivity index (χ4n) is 1.47. The molecule has 0 aromatic carbocycles. The van der Waals surface area contributed by atoms with Gasteiger partial charge < -0.3 is 5.11 Å². The van der Waals surface area contributed by atoms with Crippen molar-refractivity contribution in [2.45, 2.75) is 32.6 Å². The molecule has 3 heteroatoms. The second kappa shape index (κ2) is 5.22. The normalized spacial score (nSPS) is 16.5. The van der Waals surface area contributed by atoms with Crippen molar-refractivity contribution in [2.75, 3.05) is 19.6 Å². The van der Waals surface area contributed by atoms with Crippen molar-refractivity contribution in [3.63, 3.8) is 0 Å². The zero-order valence-electron chi connectivity index (χ0n) is 8.33. The number of aliphatic carboxylic acids is 1. The molecule has 1 N–H and O–H groups in total. The van der Waals surface area contributed by atoms with Crippen LogP contribution in [-0.2, 0) is 4.79 Å². The lowest BCUT2D eigenvalue weighted by molar-refractivity contribution is -0.138. The SMILES string of the molecule is CCCCN(CC(=O)O)CC1CC1. The Hall–Kier alpha value is -0.570. The van der Waals surface area contributed by atoms with Crippen LogP contribution in [0.5, 0.6) is 0 Å². The summed E-state index contributed by atoms with van der Waals surface area (Å²) in [5, 5.41) is 8.67. The van der Waals surface area contributed by atoms with Gasteiger partial charge in [-0.15, -0.1) is 0 Å². The summed E-state index contributed by atoms with van der Waals surface area (Å²) in [7, 11) is 0. The van der Waals surface area contributed by atoms with E-state index >= 15 is 0 Å². The maximum atomic E-state index is 10.5. The first-order valence-corrected chi connectivity index (χ1v) is 5.16. The summed E-state index contributed by atoms with van der Waals surface area (Å²) in [6.45, 7) is 4.29. The van der Waals surface area contributed by atoms with Gasteiger partial charge in [-0.25, -0.2) is 0 Å². The van der Waals surface area contributed by atoms with Gasteiger partial charge >= 0.3 is 5.97 Å². The predicted octanol–water partition coefficient (Wildman–Crippen LogP) is 1.58. The summed E-state index contributed by atoms with van der Waals surface area (Å²) in [5.74, 6) is 0.0907. The predicted molar refractivity (Wildman–Crippen MR) is 51.7 cm³/mol. The van der Waals surface area contributed by atoms with E-state index in [1.807, 2.05) is 0 Å². The number of carboxylic acid groups (broad SMARTS) is 1. The van der Waals surface area contributed by atoms with Gasteiger partial charge in [0.25, 0.3) is 0 Å². The third kappa shape index (κ3) is 4.88. The Kier molecular flexibility index (Phi) is 4.22. The largest absolute Gasteiger partial charge is 0.480 e. The maximum Gasteiger partial charge on any atom is 0.317 e. The van der Waals surface area contributed by atoms with E-state index in [0.29, 0.717) is 0 Å². The Morgan fingerprint density at radius 1 is 1.54 bits per heavy atom. The minimum absolute atomic E-state index is 0.219. The number of nitrogens with zero attached hydrogens (tertiary/aromatic N) is 1. The van der Waals surface area contributed by atoms with Gasteiger partial charge in [0.15, 0.2) is 0 Å². The molecular weight excluding hydrogens is 166 g/mol. The molecule has 1 saturated carbocycles. The highest BCUT2D eigenvalue weighted by atomic mass is 16.4. The fraction of sp³-hybridized carbons (Fsp3) is 0.900. The Morgan fingerprint density at radius 3 is 2.69 bits per heavy atom. The molecule has 0 atom stereocenters. The fourth-order valence-corrected chi connectivity index (χ4v) is 1.47. The smallest absolute Gasteiger partial charge is 0.317 e. The lowest BCUT2D eigenvalue weighted by atomic mass is 10.3. The number of carbonyl (C=O) groups is 1. The van der Waals surface area contributed by atoms with Crippen LogP contribution in [0.4, 0.5) is 0 Å². The molecule has 0 bridgehead atoms. The molecule has 0 unspecified atom stereocenters. The van der Waals surface area contributed by atoms with Gasteiger partial charge in [-0.05, 0) is 31.7 Å². The summed E-state index contributed by atoms with van der Waals surface area (Å²) >= 11 is 0. The average Bonchev–Trinajstić information content (AvgIpc) is 2.83. The van der Waals surface area contributed by atoms with E-state index in [0.717, 1.165) is 31.8 Å². The monoisotopic (exact) mass is 185 g/mol. The topological polar surface area (TPSA) is 40.5 Å². The molecule has 1 fully saturated rings. The second-order valence-electron chi connectivity index (χ2n) is 3.93. The maximum absolute atomic E-state index is 10.5. The van der Waals surface area contributed by atoms with Crippen molar-refractivity contribution in [2.24, 2.45) is 5.92 Å². The summed E-state index contributed by atoms with van der Waals surface area (Å²) in [6.07, 6.45) is 4.84. The van der Waals surface area contributed by atoms with Crippen molar-refractivity contribution >= 4 is 5.97 Å². The van der Waals surface area contributed by atoms with Crippen LogP contribution in [0, 0.1) is 5.92 Å². The minimum Gasteiger partial charge on any atom is -0.480 e. The lowest BCUT2D eigenvalue weighted by Gasteiger charge is -2.19. The van der Waals surface area contributed by atoms with Crippen LogP contribution in [-0.4, -0.2) is 35.6 Å². The molecule has 0 aliphatic heterocycles. The van der Waals surface area contributed by atoms with Crippen LogP contribution in [0.2, 0.25) is 0 Å². The van der Waals surface area contributed by atoms with E-state index in [2.05, 4.69) is 11.8 Å². The van der Waals surface area contributed by atoms with Crippen LogP contribution in [0.15, 0.2) is 0 Å². The molecule has 0 spiro atoms.